The Morgan fingerprint density at radius 2 is 0.951 bits per heavy atom. The molecule has 2 aromatic rings. The van der Waals surface area contributed by atoms with Crippen molar-refractivity contribution in [1.82, 2.24) is 36.2 Å². The maximum Gasteiger partial charge on any atom is 0.407 e. The Bertz CT molecular complexity index is 1750. The number of nitrogens with zero attached hydrogens (tertiary/aromatic N) is 6. The molecule has 2 saturated heterocycles. The lowest BCUT2D eigenvalue weighted by molar-refractivity contribution is -0.384. The highest BCUT2D eigenvalue weighted by Gasteiger charge is 2.36. The normalized spacial score (nSPS) is 19.8. The van der Waals surface area contributed by atoms with Gasteiger partial charge < -0.3 is 55.3 Å². The van der Waals surface area contributed by atoms with Crippen LogP contribution in [0.4, 0.5) is 48.4 Å². The summed E-state index contributed by atoms with van der Waals surface area (Å²) in [6.07, 6.45) is -2.04. The molecule has 4 rings (SSSR count). The first-order chi connectivity index (χ1) is 28.0. The Kier molecular flexibility index (Phi) is 15.0. The summed E-state index contributed by atoms with van der Waals surface area (Å²) in [4.78, 5) is 80.8. The smallest absolute Gasteiger partial charge is 0.407 e. The van der Waals surface area contributed by atoms with Crippen molar-refractivity contribution < 1.29 is 43.0 Å². The second-order valence-corrected chi connectivity index (χ2v) is 19.4. The third kappa shape index (κ3) is 16.4. The number of halogens is 1. The van der Waals surface area contributed by atoms with Gasteiger partial charge in [0, 0.05) is 37.9 Å². The van der Waals surface area contributed by atoms with Gasteiger partial charge in [-0.25, -0.2) is 19.2 Å². The first-order valence-electron chi connectivity index (χ1n) is 19.9. The number of amides is 4. The van der Waals surface area contributed by atoms with Crippen molar-refractivity contribution in [3.05, 3.63) is 33.3 Å². The van der Waals surface area contributed by atoms with E-state index in [0.717, 1.165) is 0 Å². The van der Waals surface area contributed by atoms with Gasteiger partial charge in [-0.1, -0.05) is 11.6 Å². The molecule has 2 aliphatic rings. The summed E-state index contributed by atoms with van der Waals surface area (Å²) in [6, 6.07) is 1.73. The molecule has 2 aliphatic heterocycles. The van der Waals surface area contributed by atoms with Crippen LogP contribution in [-0.4, -0.2) is 117 Å². The zero-order valence-electron chi connectivity index (χ0n) is 36.9. The van der Waals surface area contributed by atoms with Crippen molar-refractivity contribution in [3.8, 4) is 0 Å². The number of carbonyl (C=O) groups excluding carboxylic acids is 4. The van der Waals surface area contributed by atoms with E-state index in [0.29, 0.717) is 18.5 Å². The molecule has 0 radical (unpaired) electrons. The number of nitrogens with one attached hydrogen (secondary N) is 5. The van der Waals surface area contributed by atoms with E-state index in [1.54, 1.807) is 92.9 Å². The molecular weight excluding hydrogens is 818 g/mol. The summed E-state index contributed by atoms with van der Waals surface area (Å²) in [7, 11) is 0. The van der Waals surface area contributed by atoms with Crippen molar-refractivity contribution in [2.45, 2.75) is 142 Å². The fraction of sp³-hybridized carbons (Fsp3) is 0.667. The molecule has 338 valence electrons. The van der Waals surface area contributed by atoms with Crippen LogP contribution in [0.3, 0.4) is 0 Å². The van der Waals surface area contributed by atoms with Gasteiger partial charge in [0.15, 0.2) is 0 Å². The van der Waals surface area contributed by atoms with Crippen LogP contribution in [0.2, 0.25) is 5.02 Å². The van der Waals surface area contributed by atoms with Crippen LogP contribution in [0.1, 0.15) is 95.9 Å². The minimum absolute atomic E-state index is 0.00247. The van der Waals surface area contributed by atoms with Crippen molar-refractivity contribution in [3.63, 3.8) is 0 Å². The molecule has 0 unspecified atom stereocenters. The van der Waals surface area contributed by atoms with Crippen molar-refractivity contribution in [1.29, 1.82) is 0 Å². The molecule has 0 spiro atoms. The first kappa shape index (κ1) is 48.1. The monoisotopic (exact) mass is 877 g/mol. The number of nitro benzene ring substituents is 1. The van der Waals surface area contributed by atoms with E-state index in [-0.39, 0.29) is 54.7 Å². The van der Waals surface area contributed by atoms with Gasteiger partial charge in [-0.3, -0.25) is 10.1 Å². The van der Waals surface area contributed by atoms with Crippen molar-refractivity contribution in [2.75, 3.05) is 41.3 Å². The average molecular weight is 878 g/mol. The second-order valence-electron chi connectivity index (χ2n) is 19.0. The molecule has 61 heavy (non-hydrogen) atoms. The molecule has 1 aromatic carbocycles. The predicted octanol–water partition coefficient (Wildman–Crippen LogP) is 6.17. The van der Waals surface area contributed by atoms with Gasteiger partial charge in [0.05, 0.1) is 29.1 Å². The SMILES string of the molecule is CC(C)(C)OC(=O)N[C@@H]1C[C@H](NC(=O)OC(C)(C)C)CN(c2nc(Nc3ccc([N+](=O)[O-])c(Cl)c3)nc(N3C[C@H](NC(=O)OC(C)(C)C)C[C@H](NC(=O)OC(C)(C)C)C3)n2)C1. The summed E-state index contributed by atoms with van der Waals surface area (Å²) in [5.74, 6) is 0.236. The first-order valence-corrected chi connectivity index (χ1v) is 20.3. The Balaban J connectivity index is 1.78. The van der Waals surface area contributed by atoms with E-state index in [4.69, 9.17) is 45.5 Å². The lowest BCUT2D eigenvalue weighted by atomic mass is 10.0. The predicted molar refractivity (Wildman–Crippen MR) is 228 cm³/mol. The van der Waals surface area contributed by atoms with Crippen LogP contribution in [0, 0.1) is 10.1 Å². The molecule has 2 fully saturated rings. The lowest BCUT2D eigenvalue weighted by Crippen LogP contribution is -2.59. The molecule has 5 N–H and O–H groups in total. The summed E-state index contributed by atoms with van der Waals surface area (Å²) in [5.41, 5.74) is -3.10. The summed E-state index contributed by atoms with van der Waals surface area (Å²) >= 11 is 6.26. The van der Waals surface area contributed by atoms with Crippen LogP contribution in [0.5, 0.6) is 0 Å². The number of hydrogen-bond donors (Lipinski definition) is 5. The molecule has 0 bridgehead atoms. The molecule has 4 amide bonds. The van der Waals surface area contributed by atoms with Gasteiger partial charge in [0.25, 0.3) is 5.69 Å². The molecule has 1 aromatic heterocycles. The molecular formula is C39H60ClN11O10. The molecule has 0 aliphatic carbocycles. The number of benzene rings is 1. The number of piperidine rings is 2. The lowest BCUT2D eigenvalue weighted by Gasteiger charge is -2.40. The van der Waals surface area contributed by atoms with Gasteiger partial charge in [-0.15, -0.1) is 0 Å². The van der Waals surface area contributed by atoms with E-state index in [1.165, 1.54) is 18.2 Å². The second kappa shape index (κ2) is 19.0. The molecule has 21 nitrogen and oxygen atoms in total. The Morgan fingerprint density at radius 1 is 0.623 bits per heavy atom. The van der Waals surface area contributed by atoms with Gasteiger partial charge in [0.2, 0.25) is 17.8 Å². The largest absolute Gasteiger partial charge is 0.444 e. The summed E-state index contributed by atoms with van der Waals surface area (Å²) in [5, 5.41) is 26.0. The van der Waals surface area contributed by atoms with Crippen molar-refractivity contribution >= 4 is 65.2 Å². The Hall–Kier alpha value is -5.60. The van der Waals surface area contributed by atoms with Crippen LogP contribution >= 0.6 is 11.6 Å². The van der Waals surface area contributed by atoms with Crippen LogP contribution < -0.4 is 36.4 Å². The standard InChI is InChI=1S/C39H60ClN11O10/c1-36(2,3)58-32(52)42-23-15-24(43-33(53)59-37(4,5)6)19-49(18-23)30-46-29(41-22-13-14-28(51(56)57)27(40)17-22)47-31(48-30)50-20-25(44-34(54)60-38(7,8)9)16-26(21-50)45-35(55)61-39(10,11)12/h13-14,17,23-26H,15-16,18-21H2,1-12H3,(H,42,52)(H,43,53)(H,44,54)(H,45,55)(H,41,46,47,48)/t23-,24+,25-,26+. The zero-order valence-corrected chi connectivity index (χ0v) is 37.7. The molecule has 0 saturated carbocycles. The van der Waals surface area contributed by atoms with E-state index < -0.39 is 75.9 Å². The van der Waals surface area contributed by atoms with Gasteiger partial charge in [0.1, 0.15) is 27.4 Å². The average Bonchev–Trinajstić information content (AvgIpc) is 3.04. The fourth-order valence-electron chi connectivity index (χ4n) is 6.39. The number of alkyl carbamates (subject to hydrolysis) is 4. The number of aromatic nitrogens is 3. The Morgan fingerprint density at radius 3 is 1.23 bits per heavy atom. The van der Waals surface area contributed by atoms with Gasteiger partial charge in [-0.2, -0.15) is 15.0 Å². The fourth-order valence-corrected chi connectivity index (χ4v) is 6.64. The minimum atomic E-state index is -0.780. The topological polar surface area (TPSA) is 254 Å². The minimum Gasteiger partial charge on any atom is -0.444 e. The molecule has 4 atom stereocenters. The summed E-state index contributed by atoms with van der Waals surface area (Å²) < 4.78 is 22.2. The van der Waals surface area contributed by atoms with Crippen LogP contribution in [-0.2, 0) is 18.9 Å². The maximum atomic E-state index is 13.0. The number of carbonyl (C=O) groups is 4. The Labute approximate surface area is 360 Å². The highest BCUT2D eigenvalue weighted by atomic mass is 35.5. The van der Waals surface area contributed by atoms with Crippen LogP contribution in [0.15, 0.2) is 18.2 Å². The molecule has 22 heteroatoms. The van der Waals surface area contributed by atoms with Gasteiger partial charge in [-0.05, 0) is 108 Å². The number of rotatable bonds is 9. The van der Waals surface area contributed by atoms with Crippen molar-refractivity contribution in [2.24, 2.45) is 0 Å². The highest BCUT2D eigenvalue weighted by Crippen LogP contribution is 2.30. The number of hydrogen-bond acceptors (Lipinski definition) is 16. The van der Waals surface area contributed by atoms with Gasteiger partial charge >= 0.3 is 24.4 Å². The van der Waals surface area contributed by atoms with E-state index >= 15 is 0 Å². The van der Waals surface area contributed by atoms with E-state index in [9.17, 15) is 29.3 Å². The third-order valence-electron chi connectivity index (χ3n) is 8.36. The number of nitro groups is 1. The van der Waals surface area contributed by atoms with E-state index in [2.05, 4.69) is 26.6 Å². The van der Waals surface area contributed by atoms with Crippen LogP contribution in [0.25, 0.3) is 0 Å². The van der Waals surface area contributed by atoms with E-state index in [1.807, 2.05) is 0 Å². The quantitative estimate of drug-likeness (QED) is 0.107. The maximum absolute atomic E-state index is 13.0. The highest BCUT2D eigenvalue weighted by molar-refractivity contribution is 6.32. The zero-order chi connectivity index (χ0) is 45.7. The number of ether oxygens (including phenoxy) is 4. The summed E-state index contributed by atoms with van der Waals surface area (Å²) in [6.45, 7) is 21.6. The molecule has 3 heterocycles. The number of anilines is 4. The third-order valence-corrected chi connectivity index (χ3v) is 8.67.